The Kier molecular flexibility index (Phi) is 7.32. The lowest BCUT2D eigenvalue weighted by Crippen LogP contribution is -2.57. The molecule has 0 bridgehead atoms. The van der Waals surface area contributed by atoms with Crippen LogP contribution in [-0.4, -0.2) is 47.9 Å². The maximum atomic E-state index is 13.4. The van der Waals surface area contributed by atoms with E-state index in [0.29, 0.717) is 35.1 Å². The molecule has 9 heteroatoms. The van der Waals surface area contributed by atoms with Crippen molar-refractivity contribution in [3.05, 3.63) is 101 Å². The van der Waals surface area contributed by atoms with Crippen LogP contribution in [0.4, 0.5) is 13.2 Å². The SMILES string of the molecule is COc1cccc2cc(C(=O)N3CC(=O)N(Cc4cccc(C(F)(F)F)c4)[C@@H](CCc4ccccc4)C3)oc12. The third kappa shape index (κ3) is 5.77. The first kappa shape index (κ1) is 26.3. The minimum atomic E-state index is -4.48. The van der Waals surface area contributed by atoms with E-state index in [1.54, 1.807) is 35.2 Å². The highest BCUT2D eigenvalue weighted by Crippen LogP contribution is 2.32. The molecule has 0 aliphatic carbocycles. The molecule has 1 aliphatic rings. The summed E-state index contributed by atoms with van der Waals surface area (Å²) in [6, 6.07) is 21.3. The van der Waals surface area contributed by atoms with E-state index in [-0.39, 0.29) is 31.3 Å². The third-order valence-corrected chi connectivity index (χ3v) is 6.96. The highest BCUT2D eigenvalue weighted by molar-refractivity contribution is 5.99. The molecule has 1 aliphatic heterocycles. The summed E-state index contributed by atoms with van der Waals surface area (Å²) < 4.78 is 51.0. The molecule has 202 valence electrons. The topological polar surface area (TPSA) is 63.0 Å². The number of para-hydroxylation sites is 1. The van der Waals surface area contributed by atoms with Crippen LogP contribution in [0.2, 0.25) is 0 Å². The number of carbonyl (C=O) groups is 2. The van der Waals surface area contributed by atoms with Gasteiger partial charge in [-0.1, -0.05) is 54.6 Å². The van der Waals surface area contributed by atoms with Gasteiger partial charge in [0.15, 0.2) is 17.1 Å². The normalized spacial score (nSPS) is 16.1. The maximum Gasteiger partial charge on any atom is 0.416 e. The van der Waals surface area contributed by atoms with Crippen LogP contribution in [0.1, 0.15) is 33.7 Å². The second kappa shape index (κ2) is 10.8. The first-order valence-corrected chi connectivity index (χ1v) is 12.6. The van der Waals surface area contributed by atoms with E-state index in [9.17, 15) is 22.8 Å². The van der Waals surface area contributed by atoms with Crippen LogP contribution in [0.15, 0.2) is 83.3 Å². The second-order valence-electron chi connectivity index (χ2n) is 9.57. The number of fused-ring (bicyclic) bond motifs is 1. The molecule has 0 saturated carbocycles. The Morgan fingerprint density at radius 1 is 1.00 bits per heavy atom. The Bertz CT molecular complexity index is 1480. The average molecular weight is 537 g/mol. The molecule has 6 nitrogen and oxygen atoms in total. The third-order valence-electron chi connectivity index (χ3n) is 6.96. The quantitative estimate of drug-likeness (QED) is 0.293. The molecule has 0 spiro atoms. The van der Waals surface area contributed by atoms with Gasteiger partial charge in [0.05, 0.1) is 18.7 Å². The minimum absolute atomic E-state index is 0.0199. The van der Waals surface area contributed by atoms with E-state index >= 15 is 0 Å². The molecule has 1 atom stereocenters. The summed E-state index contributed by atoms with van der Waals surface area (Å²) in [6.45, 7) is 0.0461. The maximum absolute atomic E-state index is 13.4. The van der Waals surface area contributed by atoms with Crippen LogP contribution in [0.3, 0.4) is 0 Å². The van der Waals surface area contributed by atoms with Crippen molar-refractivity contribution in [1.29, 1.82) is 0 Å². The number of piperazine rings is 1. The van der Waals surface area contributed by atoms with Gasteiger partial charge >= 0.3 is 6.18 Å². The van der Waals surface area contributed by atoms with Crippen LogP contribution >= 0.6 is 0 Å². The number of amides is 2. The van der Waals surface area contributed by atoms with Crippen LogP contribution in [0.5, 0.6) is 5.75 Å². The Balaban J connectivity index is 1.40. The van der Waals surface area contributed by atoms with E-state index in [4.69, 9.17) is 9.15 Å². The number of furan rings is 1. The molecule has 1 saturated heterocycles. The number of rotatable bonds is 7. The lowest BCUT2D eigenvalue weighted by Gasteiger charge is -2.41. The van der Waals surface area contributed by atoms with Crippen molar-refractivity contribution in [1.82, 2.24) is 9.80 Å². The van der Waals surface area contributed by atoms with Crippen molar-refractivity contribution in [3.63, 3.8) is 0 Å². The second-order valence-corrected chi connectivity index (χ2v) is 9.57. The summed E-state index contributed by atoms with van der Waals surface area (Å²) in [5, 5.41) is 0.702. The summed E-state index contributed by atoms with van der Waals surface area (Å²) in [7, 11) is 1.51. The predicted octanol–water partition coefficient (Wildman–Crippen LogP) is 5.95. The van der Waals surface area contributed by atoms with E-state index in [1.807, 2.05) is 30.3 Å². The van der Waals surface area contributed by atoms with E-state index < -0.39 is 23.7 Å². The molecule has 1 fully saturated rings. The fraction of sp³-hybridized carbons (Fsp3) is 0.267. The number of benzene rings is 3. The average Bonchev–Trinajstić information content (AvgIpc) is 3.38. The number of ether oxygens (including phenoxy) is 1. The molecule has 1 aromatic heterocycles. The zero-order valence-electron chi connectivity index (χ0n) is 21.3. The zero-order chi connectivity index (χ0) is 27.6. The molecule has 39 heavy (non-hydrogen) atoms. The van der Waals surface area contributed by atoms with Gasteiger partial charge in [0, 0.05) is 18.5 Å². The number of carbonyl (C=O) groups excluding carboxylic acids is 2. The Morgan fingerprint density at radius 2 is 1.74 bits per heavy atom. The largest absolute Gasteiger partial charge is 0.493 e. The van der Waals surface area contributed by atoms with Crippen molar-refractivity contribution >= 4 is 22.8 Å². The van der Waals surface area contributed by atoms with Crippen molar-refractivity contribution < 1.29 is 31.9 Å². The molecule has 2 amide bonds. The number of halogens is 3. The van der Waals surface area contributed by atoms with Gasteiger partial charge in [0.2, 0.25) is 5.91 Å². The van der Waals surface area contributed by atoms with Gasteiger partial charge in [0.25, 0.3) is 5.91 Å². The van der Waals surface area contributed by atoms with E-state index in [0.717, 1.165) is 17.7 Å². The van der Waals surface area contributed by atoms with E-state index in [1.165, 1.54) is 18.1 Å². The van der Waals surface area contributed by atoms with Gasteiger partial charge in [-0.15, -0.1) is 0 Å². The fourth-order valence-electron chi connectivity index (χ4n) is 4.97. The van der Waals surface area contributed by atoms with Crippen molar-refractivity contribution in [2.24, 2.45) is 0 Å². The van der Waals surface area contributed by atoms with Gasteiger partial charge in [-0.05, 0) is 48.2 Å². The molecular weight excluding hydrogens is 509 g/mol. The first-order valence-electron chi connectivity index (χ1n) is 12.6. The molecule has 5 rings (SSSR count). The molecule has 0 radical (unpaired) electrons. The van der Waals surface area contributed by atoms with Gasteiger partial charge < -0.3 is 19.0 Å². The van der Waals surface area contributed by atoms with Crippen molar-refractivity contribution in [2.45, 2.75) is 31.6 Å². The van der Waals surface area contributed by atoms with Crippen LogP contribution in [0, 0.1) is 0 Å². The van der Waals surface area contributed by atoms with Crippen LogP contribution in [-0.2, 0) is 23.9 Å². The molecule has 2 heterocycles. The lowest BCUT2D eigenvalue weighted by atomic mass is 10.00. The highest BCUT2D eigenvalue weighted by Gasteiger charge is 2.36. The van der Waals surface area contributed by atoms with E-state index in [2.05, 4.69) is 0 Å². The highest BCUT2D eigenvalue weighted by atomic mass is 19.4. The fourth-order valence-corrected chi connectivity index (χ4v) is 4.97. The Labute approximate surface area is 223 Å². The number of hydrogen-bond acceptors (Lipinski definition) is 4. The Morgan fingerprint density at radius 3 is 2.49 bits per heavy atom. The molecule has 4 aromatic rings. The number of hydrogen-bond donors (Lipinski definition) is 0. The smallest absolute Gasteiger partial charge is 0.416 e. The monoisotopic (exact) mass is 536 g/mol. The minimum Gasteiger partial charge on any atom is -0.493 e. The van der Waals surface area contributed by atoms with Crippen LogP contribution < -0.4 is 4.74 Å². The number of alkyl halides is 3. The van der Waals surface area contributed by atoms with Crippen molar-refractivity contribution in [3.8, 4) is 5.75 Å². The standard InChI is InChI=1S/C30H27F3N2O4/c1-38-25-12-6-10-22-16-26(39-28(22)25)29(37)34-18-24(14-13-20-7-3-2-4-8-20)35(27(36)19-34)17-21-9-5-11-23(15-21)30(31,32)33/h2-12,15-16,24H,13-14,17-19H2,1H3/t24-/m0/s1. The number of nitrogens with zero attached hydrogens (tertiary/aromatic N) is 2. The van der Waals surface area contributed by atoms with Crippen LogP contribution in [0.25, 0.3) is 11.0 Å². The van der Waals surface area contributed by atoms with Gasteiger partial charge in [-0.3, -0.25) is 9.59 Å². The summed E-state index contributed by atoms with van der Waals surface area (Å²) in [4.78, 5) is 29.9. The summed E-state index contributed by atoms with van der Waals surface area (Å²) in [6.07, 6.45) is -3.30. The molecule has 0 unspecified atom stereocenters. The Hall–Kier alpha value is -4.27. The van der Waals surface area contributed by atoms with Crippen molar-refractivity contribution in [2.75, 3.05) is 20.2 Å². The molecule has 0 N–H and O–H groups in total. The van der Waals surface area contributed by atoms with Gasteiger partial charge in [-0.2, -0.15) is 13.2 Å². The van der Waals surface area contributed by atoms with Gasteiger partial charge in [0.1, 0.15) is 6.54 Å². The molecular formula is C30H27F3N2O4. The first-order chi connectivity index (χ1) is 18.7. The predicted molar refractivity (Wildman–Crippen MR) is 139 cm³/mol. The number of aryl methyl sites for hydroxylation is 1. The summed E-state index contributed by atoms with van der Waals surface area (Å²) >= 11 is 0. The summed E-state index contributed by atoms with van der Waals surface area (Å²) in [5.74, 6) is -0.173. The number of methoxy groups -OCH3 is 1. The zero-order valence-corrected chi connectivity index (χ0v) is 21.3. The molecule has 3 aromatic carbocycles. The van der Waals surface area contributed by atoms with Gasteiger partial charge in [-0.25, -0.2) is 0 Å². The lowest BCUT2D eigenvalue weighted by molar-refractivity contribution is -0.139. The summed E-state index contributed by atoms with van der Waals surface area (Å²) in [5.41, 5.74) is 1.13.